The molecule has 2 heterocycles. The number of aldehydes is 2. The largest absolute Gasteiger partial charge is 0.340 e. The normalized spacial score (nSPS) is 16.4. The Morgan fingerprint density at radius 1 is 1.14 bits per heavy atom. The van der Waals surface area contributed by atoms with Gasteiger partial charge in [-0.1, -0.05) is 23.2 Å². The lowest BCUT2D eigenvalue weighted by Crippen LogP contribution is -2.11. The van der Waals surface area contributed by atoms with Crippen LogP contribution in [0.2, 0.25) is 10.0 Å². The highest BCUT2D eigenvalue weighted by Crippen LogP contribution is 2.39. The highest BCUT2D eigenvalue weighted by atomic mass is 35.5. The van der Waals surface area contributed by atoms with E-state index in [4.69, 9.17) is 23.2 Å². The van der Waals surface area contributed by atoms with E-state index in [0.717, 1.165) is 0 Å². The highest BCUT2D eigenvalue weighted by molar-refractivity contribution is 6.35. The van der Waals surface area contributed by atoms with E-state index < -0.39 is 5.92 Å². The van der Waals surface area contributed by atoms with Gasteiger partial charge in [0.2, 0.25) is 0 Å². The van der Waals surface area contributed by atoms with Gasteiger partial charge < -0.3 is 4.57 Å². The van der Waals surface area contributed by atoms with Crippen molar-refractivity contribution in [1.82, 2.24) is 4.57 Å². The fourth-order valence-corrected chi connectivity index (χ4v) is 3.37. The Morgan fingerprint density at radius 2 is 1.82 bits per heavy atom. The van der Waals surface area contributed by atoms with Crippen molar-refractivity contribution in [3.05, 3.63) is 56.8 Å². The Labute approximate surface area is 136 Å². The third-order valence-corrected chi connectivity index (χ3v) is 4.61. The standard InChI is InChI=1S/C16H11Cl2NO3/c17-10-3-1-9(2-4-10)16(22)11-5-6-19-13(8-21)14(18)12(7-20)15(11)19/h1-4,7-8,11H,5-6H2. The molecular weight excluding hydrogens is 325 g/mol. The molecule has 4 nitrogen and oxygen atoms in total. The van der Waals surface area contributed by atoms with Crippen LogP contribution in [-0.2, 0) is 6.54 Å². The number of hydrogen-bond acceptors (Lipinski definition) is 3. The number of ketones is 1. The second-order valence-electron chi connectivity index (χ2n) is 5.10. The van der Waals surface area contributed by atoms with Gasteiger partial charge in [0, 0.05) is 22.8 Å². The average molecular weight is 336 g/mol. The summed E-state index contributed by atoms with van der Waals surface area (Å²) in [5.41, 5.74) is 1.53. The van der Waals surface area contributed by atoms with E-state index in [9.17, 15) is 14.4 Å². The molecule has 0 bridgehead atoms. The number of nitrogens with zero attached hydrogens (tertiary/aromatic N) is 1. The van der Waals surface area contributed by atoms with Gasteiger partial charge in [0.05, 0.1) is 16.5 Å². The van der Waals surface area contributed by atoms with Gasteiger partial charge in [0.15, 0.2) is 18.4 Å². The fourth-order valence-electron chi connectivity index (χ4n) is 2.95. The van der Waals surface area contributed by atoms with Crippen LogP contribution in [0.1, 0.15) is 49.2 Å². The molecule has 6 heteroatoms. The molecule has 0 radical (unpaired) electrons. The first kappa shape index (κ1) is 15.0. The van der Waals surface area contributed by atoms with E-state index in [-0.39, 0.29) is 22.1 Å². The first-order chi connectivity index (χ1) is 10.6. The molecule has 0 aliphatic carbocycles. The quantitative estimate of drug-likeness (QED) is 0.630. The number of carbonyl (C=O) groups is 3. The number of halogens is 2. The summed E-state index contributed by atoms with van der Waals surface area (Å²) < 4.78 is 1.66. The van der Waals surface area contributed by atoms with Gasteiger partial charge >= 0.3 is 0 Å². The SMILES string of the molecule is O=Cc1c(Cl)c(C=O)n2c1C(C(=O)c1ccc(Cl)cc1)CC2. The molecule has 0 spiro atoms. The predicted molar refractivity (Wildman–Crippen MR) is 83.4 cm³/mol. The van der Waals surface area contributed by atoms with Crippen LogP contribution in [0, 0.1) is 0 Å². The van der Waals surface area contributed by atoms with Gasteiger partial charge in [-0.05, 0) is 30.7 Å². The van der Waals surface area contributed by atoms with Crippen molar-refractivity contribution in [2.24, 2.45) is 0 Å². The van der Waals surface area contributed by atoms with E-state index in [1.165, 1.54) is 0 Å². The molecule has 2 aromatic rings. The minimum atomic E-state index is -0.479. The maximum Gasteiger partial charge on any atom is 0.171 e. The monoisotopic (exact) mass is 335 g/mol. The van der Waals surface area contributed by atoms with E-state index >= 15 is 0 Å². The Bertz CT molecular complexity index is 778. The van der Waals surface area contributed by atoms with Crippen LogP contribution in [0.15, 0.2) is 24.3 Å². The summed E-state index contributed by atoms with van der Waals surface area (Å²) in [4.78, 5) is 35.2. The van der Waals surface area contributed by atoms with Crippen LogP contribution in [0.25, 0.3) is 0 Å². The van der Waals surface area contributed by atoms with Gasteiger partial charge in [-0.3, -0.25) is 14.4 Å². The smallest absolute Gasteiger partial charge is 0.171 e. The summed E-state index contributed by atoms with van der Waals surface area (Å²) in [5.74, 6) is -0.585. The fraction of sp³-hybridized carbons (Fsp3) is 0.188. The number of hydrogen-bond donors (Lipinski definition) is 0. The molecule has 1 aliphatic rings. The molecule has 0 N–H and O–H groups in total. The third kappa shape index (κ3) is 2.19. The summed E-state index contributed by atoms with van der Waals surface area (Å²) in [6.07, 6.45) is 1.76. The molecule has 0 saturated carbocycles. The van der Waals surface area contributed by atoms with Crippen molar-refractivity contribution < 1.29 is 14.4 Å². The Kier molecular flexibility index (Phi) is 3.89. The maximum absolute atomic E-state index is 12.7. The van der Waals surface area contributed by atoms with Crippen molar-refractivity contribution in [1.29, 1.82) is 0 Å². The van der Waals surface area contributed by atoms with Gasteiger partial charge in [-0.2, -0.15) is 0 Å². The summed E-state index contributed by atoms with van der Waals surface area (Å²) >= 11 is 11.9. The number of carbonyl (C=O) groups excluding carboxylic acids is 3. The Balaban J connectivity index is 2.07. The van der Waals surface area contributed by atoms with E-state index in [1.807, 2.05) is 0 Å². The average Bonchev–Trinajstić information content (AvgIpc) is 3.04. The molecule has 1 unspecified atom stereocenters. The number of rotatable bonds is 4. The summed E-state index contributed by atoms with van der Waals surface area (Å²) in [6.45, 7) is 0.487. The molecule has 3 rings (SSSR count). The van der Waals surface area contributed by atoms with Gasteiger partial charge in [0.25, 0.3) is 0 Å². The van der Waals surface area contributed by atoms with Crippen LogP contribution in [0.4, 0.5) is 0 Å². The first-order valence-electron chi connectivity index (χ1n) is 6.70. The van der Waals surface area contributed by atoms with Crippen LogP contribution in [0.3, 0.4) is 0 Å². The third-order valence-electron chi connectivity index (χ3n) is 3.97. The molecule has 0 saturated heterocycles. The lowest BCUT2D eigenvalue weighted by atomic mass is 9.92. The molecule has 112 valence electrons. The second-order valence-corrected chi connectivity index (χ2v) is 5.91. The zero-order chi connectivity index (χ0) is 15.9. The topological polar surface area (TPSA) is 56.1 Å². The van der Waals surface area contributed by atoms with Gasteiger partial charge in [0.1, 0.15) is 5.69 Å². The van der Waals surface area contributed by atoms with Crippen LogP contribution < -0.4 is 0 Å². The molecule has 1 aliphatic heterocycles. The number of aromatic nitrogens is 1. The Hall–Kier alpha value is -1.91. The molecular formula is C16H11Cl2NO3. The molecule has 1 aromatic heterocycles. The zero-order valence-corrected chi connectivity index (χ0v) is 12.9. The highest BCUT2D eigenvalue weighted by Gasteiger charge is 2.36. The van der Waals surface area contributed by atoms with Crippen molar-refractivity contribution in [3.8, 4) is 0 Å². The lowest BCUT2D eigenvalue weighted by Gasteiger charge is -2.10. The minimum absolute atomic E-state index is 0.106. The van der Waals surface area contributed by atoms with Crippen LogP contribution >= 0.6 is 23.2 Å². The van der Waals surface area contributed by atoms with E-state index in [2.05, 4.69) is 0 Å². The molecule has 22 heavy (non-hydrogen) atoms. The van der Waals surface area contributed by atoms with Crippen molar-refractivity contribution >= 4 is 41.6 Å². The lowest BCUT2D eigenvalue weighted by molar-refractivity contribution is 0.0959. The molecule has 1 atom stereocenters. The zero-order valence-electron chi connectivity index (χ0n) is 11.4. The summed E-state index contributed by atoms with van der Waals surface area (Å²) in [5, 5.41) is 0.666. The number of benzene rings is 1. The van der Waals surface area contributed by atoms with Crippen molar-refractivity contribution in [2.45, 2.75) is 18.9 Å². The second kappa shape index (κ2) is 5.71. The number of Topliss-reactive ketones (excluding diaryl/α,β-unsaturated/α-hetero) is 1. The summed E-state index contributed by atoms with van der Waals surface area (Å²) in [7, 11) is 0. The molecule has 1 aromatic carbocycles. The predicted octanol–water partition coefficient (Wildman–Crippen LogP) is 3.79. The molecule has 0 amide bonds. The van der Waals surface area contributed by atoms with Crippen molar-refractivity contribution in [3.63, 3.8) is 0 Å². The van der Waals surface area contributed by atoms with Crippen LogP contribution in [0.5, 0.6) is 0 Å². The van der Waals surface area contributed by atoms with Gasteiger partial charge in [-0.25, -0.2) is 0 Å². The number of fused-ring (bicyclic) bond motifs is 1. The summed E-state index contributed by atoms with van der Waals surface area (Å²) in [6, 6.07) is 6.60. The van der Waals surface area contributed by atoms with E-state index in [1.54, 1.807) is 28.8 Å². The maximum atomic E-state index is 12.7. The minimum Gasteiger partial charge on any atom is -0.340 e. The van der Waals surface area contributed by atoms with Crippen molar-refractivity contribution in [2.75, 3.05) is 0 Å². The Morgan fingerprint density at radius 3 is 2.41 bits per heavy atom. The first-order valence-corrected chi connectivity index (χ1v) is 7.46. The van der Waals surface area contributed by atoms with E-state index in [0.29, 0.717) is 41.8 Å². The van der Waals surface area contributed by atoms with Gasteiger partial charge in [-0.15, -0.1) is 0 Å². The van der Waals surface area contributed by atoms with Crippen LogP contribution in [-0.4, -0.2) is 22.9 Å². The molecule has 0 fully saturated rings.